The number of hydrogen-bond donors (Lipinski definition) is 1. The monoisotopic (exact) mass is 396 g/mol. The molecular formula is C26H24N2O2. The number of amides is 1. The predicted molar refractivity (Wildman–Crippen MR) is 121 cm³/mol. The first-order valence-corrected chi connectivity index (χ1v) is 10.2. The van der Waals surface area contributed by atoms with Crippen LogP contribution in [0.2, 0.25) is 0 Å². The third-order valence-corrected chi connectivity index (χ3v) is 5.04. The zero-order chi connectivity index (χ0) is 20.8. The molecule has 1 N–H and O–H groups in total. The predicted octanol–water partition coefficient (Wildman–Crippen LogP) is 5.62. The third kappa shape index (κ3) is 4.84. The first-order chi connectivity index (χ1) is 14.7. The van der Waals surface area contributed by atoms with Crippen LogP contribution in [0.4, 0.5) is 5.69 Å². The number of carbonyl (C=O) groups excluding carboxylic acids is 1. The molecule has 4 nitrogen and oxygen atoms in total. The summed E-state index contributed by atoms with van der Waals surface area (Å²) in [5.41, 5.74) is 3.15. The van der Waals surface area contributed by atoms with Crippen LogP contribution in [0.25, 0.3) is 10.8 Å². The lowest BCUT2D eigenvalue weighted by Gasteiger charge is -2.18. The molecule has 4 aromatic rings. The van der Waals surface area contributed by atoms with Gasteiger partial charge in [-0.2, -0.15) is 0 Å². The molecule has 4 heteroatoms. The Morgan fingerprint density at radius 2 is 1.60 bits per heavy atom. The average molecular weight is 396 g/mol. The van der Waals surface area contributed by atoms with Gasteiger partial charge < -0.3 is 10.1 Å². The molecule has 1 heterocycles. The van der Waals surface area contributed by atoms with Crippen molar-refractivity contribution in [2.45, 2.75) is 25.9 Å². The molecule has 3 aromatic carbocycles. The Labute approximate surface area is 176 Å². The molecule has 1 atom stereocenters. The topological polar surface area (TPSA) is 51.2 Å². The Balaban J connectivity index is 1.39. The van der Waals surface area contributed by atoms with Gasteiger partial charge in [-0.05, 0) is 71.1 Å². The van der Waals surface area contributed by atoms with Crippen molar-refractivity contribution in [1.29, 1.82) is 0 Å². The molecule has 0 fully saturated rings. The Kier molecular flexibility index (Phi) is 6.04. The van der Waals surface area contributed by atoms with Gasteiger partial charge in [-0.1, -0.05) is 49.4 Å². The van der Waals surface area contributed by atoms with Gasteiger partial charge in [0, 0.05) is 18.1 Å². The molecule has 4 rings (SSSR count). The van der Waals surface area contributed by atoms with E-state index >= 15 is 0 Å². The summed E-state index contributed by atoms with van der Waals surface area (Å²) in [6.45, 7) is 1.95. The minimum absolute atomic E-state index is 0.146. The van der Waals surface area contributed by atoms with Gasteiger partial charge in [0.2, 0.25) is 0 Å². The molecule has 0 spiro atoms. The van der Waals surface area contributed by atoms with Crippen LogP contribution in [0.15, 0.2) is 91.3 Å². The van der Waals surface area contributed by atoms with E-state index in [1.165, 1.54) is 11.1 Å². The first kappa shape index (κ1) is 19.6. The van der Waals surface area contributed by atoms with E-state index < -0.39 is 6.10 Å². The molecular weight excluding hydrogens is 372 g/mol. The summed E-state index contributed by atoms with van der Waals surface area (Å²) in [6.07, 6.45) is 4.45. The van der Waals surface area contributed by atoms with Crippen molar-refractivity contribution >= 4 is 22.4 Å². The summed E-state index contributed by atoms with van der Waals surface area (Å²) in [7, 11) is 0. The van der Waals surface area contributed by atoms with Crippen LogP contribution < -0.4 is 10.1 Å². The fraction of sp³-hybridized carbons (Fsp3) is 0.154. The van der Waals surface area contributed by atoms with Crippen molar-refractivity contribution in [3.05, 3.63) is 102 Å². The summed E-state index contributed by atoms with van der Waals surface area (Å²) in [5.74, 6) is 0.552. The Morgan fingerprint density at radius 3 is 2.33 bits per heavy atom. The van der Waals surface area contributed by atoms with Crippen molar-refractivity contribution in [2.24, 2.45) is 0 Å². The Bertz CT molecular complexity index is 1120. The lowest BCUT2D eigenvalue weighted by molar-refractivity contribution is -0.122. The van der Waals surface area contributed by atoms with Gasteiger partial charge in [0.05, 0.1) is 0 Å². The number of carbonyl (C=O) groups is 1. The van der Waals surface area contributed by atoms with E-state index in [9.17, 15) is 4.79 Å². The van der Waals surface area contributed by atoms with Crippen molar-refractivity contribution in [1.82, 2.24) is 4.98 Å². The number of aromatic nitrogens is 1. The molecule has 1 aromatic heterocycles. The van der Waals surface area contributed by atoms with Gasteiger partial charge in [-0.15, -0.1) is 0 Å². The lowest BCUT2D eigenvalue weighted by atomic mass is 10.1. The molecule has 30 heavy (non-hydrogen) atoms. The molecule has 0 aliphatic rings. The van der Waals surface area contributed by atoms with Crippen LogP contribution >= 0.6 is 0 Å². The molecule has 0 saturated carbocycles. The van der Waals surface area contributed by atoms with E-state index in [0.717, 1.165) is 22.9 Å². The van der Waals surface area contributed by atoms with Crippen LogP contribution in [0.3, 0.4) is 0 Å². The van der Waals surface area contributed by atoms with Crippen LogP contribution in [-0.4, -0.2) is 17.0 Å². The molecule has 0 radical (unpaired) electrons. The molecule has 0 bridgehead atoms. The zero-order valence-corrected chi connectivity index (χ0v) is 16.9. The number of benzene rings is 3. The van der Waals surface area contributed by atoms with E-state index in [-0.39, 0.29) is 5.91 Å². The number of fused-ring (bicyclic) bond motifs is 1. The lowest BCUT2D eigenvalue weighted by Crippen LogP contribution is -2.32. The number of anilines is 1. The number of ether oxygens (including phenoxy) is 1. The minimum Gasteiger partial charge on any atom is -0.481 e. The zero-order valence-electron chi connectivity index (χ0n) is 16.9. The largest absolute Gasteiger partial charge is 0.481 e. The maximum Gasteiger partial charge on any atom is 0.265 e. The summed E-state index contributed by atoms with van der Waals surface area (Å²) >= 11 is 0. The number of nitrogens with zero attached hydrogens (tertiary/aromatic N) is 1. The molecule has 0 aliphatic heterocycles. The van der Waals surface area contributed by atoms with Crippen LogP contribution in [0, 0.1) is 0 Å². The summed E-state index contributed by atoms with van der Waals surface area (Å²) < 4.78 is 5.99. The van der Waals surface area contributed by atoms with Crippen molar-refractivity contribution in [3.8, 4) is 5.75 Å². The molecule has 0 saturated heterocycles. The third-order valence-electron chi connectivity index (χ3n) is 5.04. The van der Waals surface area contributed by atoms with E-state index in [1.54, 1.807) is 12.4 Å². The fourth-order valence-corrected chi connectivity index (χ4v) is 3.39. The number of hydrogen-bond acceptors (Lipinski definition) is 3. The Hall–Kier alpha value is -3.66. The highest BCUT2D eigenvalue weighted by molar-refractivity contribution is 5.94. The van der Waals surface area contributed by atoms with Gasteiger partial charge in [0.25, 0.3) is 5.91 Å². The van der Waals surface area contributed by atoms with E-state index in [2.05, 4.69) is 16.4 Å². The highest BCUT2D eigenvalue weighted by atomic mass is 16.5. The van der Waals surface area contributed by atoms with Crippen molar-refractivity contribution in [3.63, 3.8) is 0 Å². The smallest absolute Gasteiger partial charge is 0.265 e. The number of nitrogens with one attached hydrogen (secondary N) is 1. The quantitative estimate of drug-likeness (QED) is 0.441. The second kappa shape index (κ2) is 9.23. The van der Waals surface area contributed by atoms with Gasteiger partial charge >= 0.3 is 0 Å². The molecule has 1 amide bonds. The Morgan fingerprint density at radius 1 is 0.900 bits per heavy atom. The van der Waals surface area contributed by atoms with Crippen LogP contribution in [0.5, 0.6) is 5.75 Å². The maximum absolute atomic E-state index is 12.7. The molecule has 0 unspecified atom stereocenters. The van der Waals surface area contributed by atoms with Crippen molar-refractivity contribution < 1.29 is 9.53 Å². The molecule has 150 valence electrons. The SMILES string of the molecule is CC[C@@H](Oc1ccc2ccccc2c1)C(=O)Nc1ccc(Cc2ccncc2)cc1. The normalized spacial score (nSPS) is 11.8. The van der Waals surface area contributed by atoms with Crippen LogP contribution in [-0.2, 0) is 11.2 Å². The first-order valence-electron chi connectivity index (χ1n) is 10.2. The van der Waals surface area contributed by atoms with E-state index in [4.69, 9.17) is 4.74 Å². The number of pyridine rings is 1. The second-order valence-electron chi connectivity index (χ2n) is 7.24. The standard InChI is InChI=1S/C26H24N2O2/c1-2-25(30-24-12-9-21-5-3-4-6-22(21)18-24)26(29)28-23-10-7-19(8-11-23)17-20-13-15-27-16-14-20/h3-16,18,25H,2,17H2,1H3,(H,28,29)/t25-/m1/s1. The summed E-state index contributed by atoms with van der Waals surface area (Å²) in [5, 5.41) is 5.21. The maximum atomic E-state index is 12.7. The van der Waals surface area contributed by atoms with Gasteiger partial charge in [-0.3, -0.25) is 9.78 Å². The van der Waals surface area contributed by atoms with Crippen LogP contribution in [0.1, 0.15) is 24.5 Å². The van der Waals surface area contributed by atoms with Gasteiger partial charge in [-0.25, -0.2) is 0 Å². The summed E-state index contributed by atoms with van der Waals surface area (Å²) in [4.78, 5) is 16.8. The van der Waals surface area contributed by atoms with Gasteiger partial charge in [0.15, 0.2) is 6.10 Å². The average Bonchev–Trinajstić information content (AvgIpc) is 2.79. The fourth-order valence-electron chi connectivity index (χ4n) is 3.39. The highest BCUT2D eigenvalue weighted by Gasteiger charge is 2.18. The minimum atomic E-state index is -0.553. The van der Waals surface area contributed by atoms with Gasteiger partial charge in [0.1, 0.15) is 5.75 Å². The van der Waals surface area contributed by atoms with E-state index in [1.807, 2.05) is 79.7 Å². The van der Waals surface area contributed by atoms with Crippen molar-refractivity contribution in [2.75, 3.05) is 5.32 Å². The number of rotatable bonds is 7. The molecule has 0 aliphatic carbocycles. The second-order valence-corrected chi connectivity index (χ2v) is 7.24. The van der Waals surface area contributed by atoms with E-state index in [0.29, 0.717) is 12.2 Å². The highest BCUT2D eigenvalue weighted by Crippen LogP contribution is 2.22. The summed E-state index contributed by atoms with van der Waals surface area (Å²) in [6, 6.07) is 25.9.